The van der Waals surface area contributed by atoms with Gasteiger partial charge in [-0.25, -0.2) is 0 Å². The minimum atomic E-state index is -0.569. The second kappa shape index (κ2) is 14.1. The maximum absolute atomic E-state index is 11.7. The first-order chi connectivity index (χ1) is 14.6. The smallest absolute Gasteiger partial charge is 0.305 e. The zero-order valence-electron chi connectivity index (χ0n) is 19.9. The second-order valence-corrected chi connectivity index (χ2v) is 10.7. The summed E-state index contributed by atoms with van der Waals surface area (Å²) in [6.07, 6.45) is 13.3. The van der Waals surface area contributed by atoms with Gasteiger partial charge in [-0.15, -0.1) is 0 Å². The molecule has 1 saturated carbocycles. The van der Waals surface area contributed by atoms with Crippen molar-refractivity contribution in [3.8, 4) is 0 Å². The molecule has 0 unspecified atom stereocenters. The van der Waals surface area contributed by atoms with Gasteiger partial charge >= 0.3 is 5.97 Å². The molecule has 5 nitrogen and oxygen atoms in total. The molecule has 0 amide bonds. The summed E-state index contributed by atoms with van der Waals surface area (Å²) in [5.74, 6) is -0.160. The van der Waals surface area contributed by atoms with Crippen LogP contribution >= 0.6 is 11.8 Å². The molecule has 0 radical (unpaired) electrons. The minimum absolute atomic E-state index is 0.0621. The monoisotopic (exact) mass is 454 g/mol. The van der Waals surface area contributed by atoms with Crippen LogP contribution in [0.5, 0.6) is 0 Å². The lowest BCUT2D eigenvalue weighted by Crippen LogP contribution is -2.28. The van der Waals surface area contributed by atoms with E-state index in [1.807, 2.05) is 12.2 Å². The molecule has 0 saturated heterocycles. The molecule has 0 aromatic heterocycles. The number of aliphatic hydroxyl groups is 2. The van der Waals surface area contributed by atoms with Crippen LogP contribution in [0.25, 0.3) is 0 Å². The normalized spacial score (nSPS) is 25.4. The summed E-state index contributed by atoms with van der Waals surface area (Å²) >= 11 is 1.31. The Hall–Kier alpha value is -1.11. The van der Waals surface area contributed by atoms with Crippen molar-refractivity contribution in [2.75, 3.05) is 7.11 Å². The SMILES string of the molecule is CCCCC(C)(C)[C@H](O)/C=C/[C@@H]1[C@@H](C/C=C\CCCC(=O)OC)[C@@H](SC(C)=O)C[C@H]1O. The van der Waals surface area contributed by atoms with Crippen LogP contribution in [0.2, 0.25) is 0 Å². The summed E-state index contributed by atoms with van der Waals surface area (Å²) < 4.78 is 4.65. The van der Waals surface area contributed by atoms with Crippen LogP contribution in [0.1, 0.15) is 79.1 Å². The molecule has 1 aliphatic rings. The molecule has 1 aliphatic carbocycles. The molecule has 0 aliphatic heterocycles. The molecule has 6 heteroatoms. The average molecular weight is 455 g/mol. The fraction of sp³-hybridized carbons (Fsp3) is 0.760. The van der Waals surface area contributed by atoms with Crippen molar-refractivity contribution in [3.63, 3.8) is 0 Å². The number of unbranched alkanes of at least 4 members (excludes halogenated alkanes) is 2. The highest BCUT2D eigenvalue weighted by Crippen LogP contribution is 2.43. The number of esters is 1. The third-order valence-electron chi connectivity index (χ3n) is 6.25. The number of thioether (sulfide) groups is 1. The van der Waals surface area contributed by atoms with Gasteiger partial charge in [-0.1, -0.05) is 69.7 Å². The molecule has 2 N–H and O–H groups in total. The number of carbonyl (C=O) groups is 2. The number of allylic oxidation sites excluding steroid dienone is 2. The molecule has 31 heavy (non-hydrogen) atoms. The van der Waals surface area contributed by atoms with E-state index in [0.717, 1.165) is 38.5 Å². The highest BCUT2D eigenvalue weighted by molar-refractivity contribution is 8.14. The Morgan fingerprint density at radius 1 is 1.26 bits per heavy atom. The zero-order valence-corrected chi connectivity index (χ0v) is 20.7. The Labute approximate surface area is 192 Å². The first kappa shape index (κ1) is 27.9. The summed E-state index contributed by atoms with van der Waals surface area (Å²) in [5, 5.41) is 21.5. The van der Waals surface area contributed by atoms with Gasteiger partial charge in [0.15, 0.2) is 5.12 Å². The highest BCUT2D eigenvalue weighted by Gasteiger charge is 2.41. The summed E-state index contributed by atoms with van der Waals surface area (Å²) in [7, 11) is 1.39. The van der Waals surface area contributed by atoms with Gasteiger partial charge in [0, 0.05) is 24.5 Å². The van der Waals surface area contributed by atoms with Gasteiger partial charge in [0.2, 0.25) is 0 Å². The number of ether oxygens (including phenoxy) is 1. The molecule has 0 heterocycles. The molecule has 0 bridgehead atoms. The van der Waals surface area contributed by atoms with Crippen molar-refractivity contribution >= 4 is 22.8 Å². The van der Waals surface area contributed by atoms with E-state index in [-0.39, 0.29) is 33.6 Å². The first-order valence-corrected chi connectivity index (χ1v) is 12.4. The van der Waals surface area contributed by atoms with E-state index in [1.165, 1.54) is 18.9 Å². The molecule has 178 valence electrons. The van der Waals surface area contributed by atoms with Crippen LogP contribution in [0.3, 0.4) is 0 Å². The van der Waals surface area contributed by atoms with Gasteiger partial charge < -0.3 is 14.9 Å². The van der Waals surface area contributed by atoms with E-state index < -0.39 is 12.2 Å². The lowest BCUT2D eigenvalue weighted by Gasteiger charge is -2.29. The van der Waals surface area contributed by atoms with E-state index in [2.05, 4.69) is 37.7 Å². The van der Waals surface area contributed by atoms with Crippen LogP contribution in [-0.4, -0.2) is 45.9 Å². The lowest BCUT2D eigenvalue weighted by molar-refractivity contribution is -0.140. The zero-order chi connectivity index (χ0) is 23.4. The maximum Gasteiger partial charge on any atom is 0.305 e. The van der Waals surface area contributed by atoms with E-state index in [9.17, 15) is 19.8 Å². The van der Waals surface area contributed by atoms with Crippen LogP contribution in [0.4, 0.5) is 0 Å². The standard InChI is InChI=1S/C25H42O5S/c1-6-7-16-25(3,4)23(28)15-14-19-20(22(17-21(19)27)31-18(2)26)12-10-8-9-11-13-24(29)30-5/h8,10,14-15,19-23,27-28H,6-7,9,11-13,16-17H2,1-5H3/b10-8-,15-14+/t19-,20-,21-,22+,23-/m1/s1. The van der Waals surface area contributed by atoms with Gasteiger partial charge in [-0.2, -0.15) is 0 Å². The third-order valence-corrected chi connectivity index (χ3v) is 7.43. The Bertz CT molecular complexity index is 613. The maximum atomic E-state index is 11.7. The van der Waals surface area contributed by atoms with Crippen LogP contribution < -0.4 is 0 Å². The third kappa shape index (κ3) is 9.92. The van der Waals surface area contributed by atoms with E-state index in [4.69, 9.17) is 0 Å². The largest absolute Gasteiger partial charge is 0.469 e. The number of methoxy groups -OCH3 is 1. The molecule has 1 fully saturated rings. The van der Waals surface area contributed by atoms with E-state index >= 15 is 0 Å². The average Bonchev–Trinajstić information content (AvgIpc) is 3.00. The Morgan fingerprint density at radius 3 is 2.58 bits per heavy atom. The molecule has 0 spiro atoms. The Balaban J connectivity index is 2.79. The van der Waals surface area contributed by atoms with Gasteiger partial charge in [-0.3, -0.25) is 9.59 Å². The number of aliphatic hydroxyl groups excluding tert-OH is 2. The van der Waals surface area contributed by atoms with Crippen molar-refractivity contribution in [3.05, 3.63) is 24.3 Å². The van der Waals surface area contributed by atoms with Gasteiger partial charge in [0.05, 0.1) is 19.3 Å². The summed E-state index contributed by atoms with van der Waals surface area (Å²) in [4.78, 5) is 22.9. The number of hydrogen-bond acceptors (Lipinski definition) is 6. The van der Waals surface area contributed by atoms with Gasteiger partial charge in [0.25, 0.3) is 0 Å². The molecule has 5 atom stereocenters. The van der Waals surface area contributed by atoms with E-state index in [0.29, 0.717) is 12.8 Å². The minimum Gasteiger partial charge on any atom is -0.469 e. The summed E-state index contributed by atoms with van der Waals surface area (Å²) in [6, 6.07) is 0. The van der Waals surface area contributed by atoms with E-state index in [1.54, 1.807) is 6.92 Å². The molecular weight excluding hydrogens is 412 g/mol. The van der Waals surface area contributed by atoms with Crippen LogP contribution in [0.15, 0.2) is 24.3 Å². The van der Waals surface area contributed by atoms with Crippen molar-refractivity contribution in [1.29, 1.82) is 0 Å². The first-order valence-electron chi connectivity index (χ1n) is 11.6. The van der Waals surface area contributed by atoms with Gasteiger partial charge in [-0.05, 0) is 43.4 Å². The predicted octanol–water partition coefficient (Wildman–Crippen LogP) is 5.05. The Morgan fingerprint density at radius 2 is 1.97 bits per heavy atom. The second-order valence-electron chi connectivity index (χ2n) is 9.29. The molecular formula is C25H42O5S. The topological polar surface area (TPSA) is 83.8 Å². The molecule has 0 aromatic carbocycles. The highest BCUT2D eigenvalue weighted by atomic mass is 32.2. The van der Waals surface area contributed by atoms with Crippen LogP contribution in [0, 0.1) is 17.3 Å². The fourth-order valence-corrected chi connectivity index (χ4v) is 5.33. The molecule has 0 aromatic rings. The number of hydrogen-bond donors (Lipinski definition) is 2. The van der Waals surface area contributed by atoms with Crippen molar-refractivity contribution in [1.82, 2.24) is 0 Å². The quantitative estimate of drug-likeness (QED) is 0.230. The lowest BCUT2D eigenvalue weighted by atomic mass is 9.80. The number of rotatable bonds is 13. The van der Waals surface area contributed by atoms with Crippen molar-refractivity contribution < 1.29 is 24.5 Å². The number of carbonyl (C=O) groups excluding carboxylic acids is 2. The fourth-order valence-electron chi connectivity index (χ4n) is 4.14. The predicted molar refractivity (Wildman–Crippen MR) is 128 cm³/mol. The van der Waals surface area contributed by atoms with Gasteiger partial charge in [0.1, 0.15) is 0 Å². The summed E-state index contributed by atoms with van der Waals surface area (Å²) in [6.45, 7) is 7.87. The Kier molecular flexibility index (Phi) is 12.7. The molecule has 1 rings (SSSR count). The van der Waals surface area contributed by atoms with Crippen molar-refractivity contribution in [2.24, 2.45) is 17.3 Å². The summed E-state index contributed by atoms with van der Waals surface area (Å²) in [5.41, 5.74) is -0.210. The van der Waals surface area contributed by atoms with Crippen molar-refractivity contribution in [2.45, 2.75) is 96.5 Å². The van der Waals surface area contributed by atoms with Crippen LogP contribution in [-0.2, 0) is 14.3 Å².